The molecule has 0 spiro atoms. The number of fused-ring (bicyclic) bond motifs is 1. The van der Waals surface area contributed by atoms with Crippen LogP contribution in [0.5, 0.6) is 5.75 Å². The van der Waals surface area contributed by atoms with Crippen molar-refractivity contribution < 1.29 is 10.2 Å². The lowest BCUT2D eigenvalue weighted by Gasteiger charge is -2.29. The Hall–Kier alpha value is -3.02. The zero-order valence-corrected chi connectivity index (χ0v) is 15.9. The summed E-state index contributed by atoms with van der Waals surface area (Å²) in [6.07, 6.45) is 11.0. The molecule has 3 N–H and O–H groups in total. The molecule has 0 aromatic carbocycles. The van der Waals surface area contributed by atoms with Gasteiger partial charge >= 0.3 is 0 Å². The van der Waals surface area contributed by atoms with Crippen LogP contribution in [0.3, 0.4) is 0 Å². The highest BCUT2D eigenvalue weighted by molar-refractivity contribution is 5.70. The maximum absolute atomic E-state index is 10.4. The molecular formula is C21H26N4O2. The van der Waals surface area contributed by atoms with Gasteiger partial charge < -0.3 is 20.5 Å². The van der Waals surface area contributed by atoms with Crippen LogP contribution in [0.2, 0.25) is 0 Å². The Morgan fingerprint density at radius 3 is 2.74 bits per heavy atom. The van der Waals surface area contributed by atoms with Gasteiger partial charge in [0, 0.05) is 48.7 Å². The number of rotatable bonds is 6. The molecule has 1 atom stereocenters. The summed E-state index contributed by atoms with van der Waals surface area (Å²) in [5.41, 5.74) is 3.45. The number of allylic oxidation sites excluding steroid dienone is 3. The standard InChI is InChI=1S/C21H26N4O2/c1-14(2)18-10-16(4-7-22)24(13-21(18)27)9-6-15(3)19-12-25-17(5-8-23-25)11-20(19)26/h4-5,7-8,10-15,22,26-27H,6,9H2,1-3H3/b16-4-,22-7?. The van der Waals surface area contributed by atoms with Crippen LogP contribution in [0.1, 0.15) is 38.7 Å². The summed E-state index contributed by atoms with van der Waals surface area (Å²) in [5.74, 6) is 0.838. The highest BCUT2D eigenvalue weighted by Crippen LogP contribution is 2.31. The summed E-state index contributed by atoms with van der Waals surface area (Å²) in [5, 5.41) is 32.3. The molecule has 3 rings (SSSR count). The van der Waals surface area contributed by atoms with E-state index in [1.807, 2.05) is 37.1 Å². The van der Waals surface area contributed by atoms with Crippen LogP contribution in [0.25, 0.3) is 5.52 Å². The van der Waals surface area contributed by atoms with Crippen LogP contribution >= 0.6 is 0 Å². The first-order valence-corrected chi connectivity index (χ1v) is 9.17. The van der Waals surface area contributed by atoms with E-state index < -0.39 is 0 Å². The van der Waals surface area contributed by atoms with E-state index in [9.17, 15) is 10.2 Å². The molecule has 0 bridgehead atoms. The molecule has 1 aliphatic rings. The third-order valence-corrected chi connectivity index (χ3v) is 4.96. The van der Waals surface area contributed by atoms with E-state index in [2.05, 4.69) is 12.0 Å². The van der Waals surface area contributed by atoms with Crippen LogP contribution < -0.4 is 0 Å². The first-order valence-electron chi connectivity index (χ1n) is 9.17. The molecule has 0 saturated heterocycles. The molecule has 2 aromatic rings. The molecule has 0 radical (unpaired) electrons. The van der Waals surface area contributed by atoms with Crippen molar-refractivity contribution in [2.24, 2.45) is 5.92 Å². The minimum atomic E-state index is 0.103. The second-order valence-corrected chi connectivity index (χ2v) is 7.22. The fourth-order valence-corrected chi connectivity index (χ4v) is 3.33. The minimum Gasteiger partial charge on any atom is -0.508 e. The Balaban J connectivity index is 1.77. The zero-order chi connectivity index (χ0) is 19.6. The van der Waals surface area contributed by atoms with Crippen LogP contribution in [0, 0.1) is 11.3 Å². The molecule has 1 aliphatic heterocycles. The largest absolute Gasteiger partial charge is 0.508 e. The van der Waals surface area contributed by atoms with Gasteiger partial charge in [0.05, 0.1) is 5.52 Å². The van der Waals surface area contributed by atoms with Gasteiger partial charge in [0.2, 0.25) is 0 Å². The van der Waals surface area contributed by atoms with Gasteiger partial charge in [-0.3, -0.25) is 0 Å². The smallest absolute Gasteiger partial charge is 0.135 e. The van der Waals surface area contributed by atoms with E-state index >= 15 is 0 Å². The van der Waals surface area contributed by atoms with Crippen molar-refractivity contribution in [1.29, 1.82) is 5.41 Å². The first-order chi connectivity index (χ1) is 12.9. The Labute approximate surface area is 159 Å². The third kappa shape index (κ3) is 3.89. The van der Waals surface area contributed by atoms with E-state index in [0.29, 0.717) is 6.54 Å². The summed E-state index contributed by atoms with van der Waals surface area (Å²) in [6, 6.07) is 3.58. The van der Waals surface area contributed by atoms with Crippen molar-refractivity contribution >= 4 is 11.7 Å². The van der Waals surface area contributed by atoms with Crippen molar-refractivity contribution in [3.05, 3.63) is 65.5 Å². The Morgan fingerprint density at radius 2 is 2.04 bits per heavy atom. The van der Waals surface area contributed by atoms with E-state index in [0.717, 1.165) is 28.8 Å². The predicted octanol–water partition coefficient (Wildman–Crippen LogP) is 4.36. The van der Waals surface area contributed by atoms with Gasteiger partial charge in [0.1, 0.15) is 11.5 Å². The van der Waals surface area contributed by atoms with E-state index in [4.69, 9.17) is 5.41 Å². The van der Waals surface area contributed by atoms with Crippen LogP contribution in [0.4, 0.5) is 0 Å². The highest BCUT2D eigenvalue weighted by Gasteiger charge is 2.20. The van der Waals surface area contributed by atoms with Gasteiger partial charge in [-0.25, -0.2) is 4.52 Å². The molecular weight excluding hydrogens is 340 g/mol. The Kier molecular flexibility index (Phi) is 5.35. The Bertz CT molecular complexity index is 937. The molecule has 0 aliphatic carbocycles. The number of aromatic nitrogens is 2. The fourth-order valence-electron chi connectivity index (χ4n) is 3.33. The molecule has 0 amide bonds. The van der Waals surface area contributed by atoms with Crippen molar-refractivity contribution in [3.8, 4) is 5.75 Å². The maximum Gasteiger partial charge on any atom is 0.135 e. The molecule has 6 nitrogen and oxygen atoms in total. The van der Waals surface area contributed by atoms with Gasteiger partial charge in [-0.05, 0) is 42.0 Å². The van der Waals surface area contributed by atoms with Gasteiger partial charge in [-0.2, -0.15) is 5.10 Å². The molecule has 0 saturated carbocycles. The molecule has 3 heterocycles. The summed E-state index contributed by atoms with van der Waals surface area (Å²) in [4.78, 5) is 1.95. The lowest BCUT2D eigenvalue weighted by molar-refractivity contribution is 0.359. The van der Waals surface area contributed by atoms with Gasteiger partial charge in [-0.15, -0.1) is 0 Å². The monoisotopic (exact) mass is 366 g/mol. The summed E-state index contributed by atoms with van der Waals surface area (Å²) >= 11 is 0. The molecule has 2 aromatic heterocycles. The molecule has 27 heavy (non-hydrogen) atoms. The second kappa shape index (κ2) is 7.70. The number of pyridine rings is 1. The lowest BCUT2D eigenvalue weighted by atomic mass is 9.96. The first kappa shape index (κ1) is 18.8. The van der Waals surface area contributed by atoms with Gasteiger partial charge in [0.25, 0.3) is 0 Å². The number of aliphatic hydroxyl groups excluding tert-OH is 1. The topological polar surface area (TPSA) is 84.9 Å². The average molecular weight is 366 g/mol. The van der Waals surface area contributed by atoms with Crippen LogP contribution in [0.15, 0.2) is 59.9 Å². The van der Waals surface area contributed by atoms with E-state index in [-0.39, 0.29) is 23.3 Å². The van der Waals surface area contributed by atoms with Crippen molar-refractivity contribution in [2.75, 3.05) is 6.54 Å². The summed E-state index contributed by atoms with van der Waals surface area (Å²) in [6.45, 7) is 6.78. The third-order valence-electron chi connectivity index (χ3n) is 4.96. The number of hydrogen-bond acceptors (Lipinski definition) is 5. The van der Waals surface area contributed by atoms with E-state index in [1.165, 1.54) is 6.21 Å². The molecule has 142 valence electrons. The predicted molar refractivity (Wildman–Crippen MR) is 107 cm³/mol. The fraction of sp³-hybridized carbons (Fsp3) is 0.333. The second-order valence-electron chi connectivity index (χ2n) is 7.22. The molecule has 0 fully saturated rings. The van der Waals surface area contributed by atoms with Crippen molar-refractivity contribution in [1.82, 2.24) is 14.5 Å². The Morgan fingerprint density at radius 1 is 1.26 bits per heavy atom. The molecule has 6 heteroatoms. The number of nitrogens with zero attached hydrogens (tertiary/aromatic N) is 3. The van der Waals surface area contributed by atoms with Crippen molar-refractivity contribution in [2.45, 2.75) is 33.1 Å². The number of nitrogens with one attached hydrogen (secondary N) is 1. The normalized spacial score (nSPS) is 17.3. The van der Waals surface area contributed by atoms with Gasteiger partial charge in [0.15, 0.2) is 0 Å². The van der Waals surface area contributed by atoms with E-state index in [1.54, 1.807) is 29.1 Å². The quantitative estimate of drug-likeness (QED) is 0.663. The molecule has 1 unspecified atom stereocenters. The van der Waals surface area contributed by atoms with Gasteiger partial charge in [-0.1, -0.05) is 20.8 Å². The van der Waals surface area contributed by atoms with Crippen LogP contribution in [-0.2, 0) is 0 Å². The van der Waals surface area contributed by atoms with Crippen LogP contribution in [-0.4, -0.2) is 37.5 Å². The summed E-state index contributed by atoms with van der Waals surface area (Å²) in [7, 11) is 0. The minimum absolute atomic E-state index is 0.103. The number of aromatic hydroxyl groups is 1. The number of aliphatic hydroxyl groups is 1. The van der Waals surface area contributed by atoms with Crippen molar-refractivity contribution in [3.63, 3.8) is 0 Å². The SMILES string of the molecule is CC(C)C1=C/C(=C/C=N)N(CCC(C)c2cn3nccc3cc2O)C=C1O. The summed E-state index contributed by atoms with van der Waals surface area (Å²) < 4.78 is 1.76. The average Bonchev–Trinajstić information content (AvgIpc) is 3.07. The number of hydrogen-bond donors (Lipinski definition) is 3. The highest BCUT2D eigenvalue weighted by atomic mass is 16.3. The lowest BCUT2D eigenvalue weighted by Crippen LogP contribution is -2.23. The zero-order valence-electron chi connectivity index (χ0n) is 15.9. The maximum atomic E-state index is 10.4.